The van der Waals surface area contributed by atoms with Crippen molar-refractivity contribution in [3.05, 3.63) is 35.9 Å². The molecule has 1 saturated heterocycles. The van der Waals surface area contributed by atoms with Crippen LogP contribution >= 0.6 is 69.6 Å². The van der Waals surface area contributed by atoms with Crippen molar-refractivity contribution in [2.75, 3.05) is 13.2 Å². The van der Waals surface area contributed by atoms with E-state index in [1.54, 1.807) is 0 Å². The van der Waals surface area contributed by atoms with Crippen molar-refractivity contribution < 1.29 is 52.7 Å². The number of carbonyl (C=O) groups is 4. The van der Waals surface area contributed by atoms with Crippen LogP contribution in [0, 0.1) is 0 Å². The Labute approximate surface area is 251 Å². The maximum absolute atomic E-state index is 12.4. The molecule has 0 unspecified atom stereocenters. The van der Waals surface area contributed by atoms with Crippen LogP contribution < -0.4 is 4.74 Å². The van der Waals surface area contributed by atoms with Gasteiger partial charge in [0.1, 0.15) is 37.3 Å². The summed E-state index contributed by atoms with van der Waals surface area (Å²) in [5.41, 5.74) is -1.35. The molecule has 1 heterocycles. The predicted octanol–water partition coefficient (Wildman–Crippen LogP) is 4.84. The Morgan fingerprint density at radius 2 is 1.56 bits per heavy atom. The van der Waals surface area contributed by atoms with Gasteiger partial charge >= 0.3 is 24.2 Å². The van der Waals surface area contributed by atoms with Crippen LogP contribution in [0.4, 0.5) is 9.59 Å². The Hall–Kier alpha value is -1.86. The average molecular weight is 671 g/mol. The molecule has 2 fully saturated rings. The van der Waals surface area contributed by atoms with Crippen LogP contribution in [0.3, 0.4) is 0 Å². The fourth-order valence-electron chi connectivity index (χ4n) is 3.57. The summed E-state index contributed by atoms with van der Waals surface area (Å²) in [5, 5.41) is 10.5. The standard InChI is InChI=1S/C22H18Cl6O11/c23-21(24,25)9-34-18(32)36-12-4-1-11(2-5-12)3-6-15(29)37-13-7-20(8-14(16(13)30)38-17(20)31)39-19(33)35-10-22(26,27)28/h1-6,13-14,16,30H,7-10H2/b6-3+/t13-,14-,16-,20+/m0/s1. The number of halogens is 6. The second-order valence-corrected chi connectivity index (χ2v) is 13.3. The van der Waals surface area contributed by atoms with Crippen LogP contribution in [-0.2, 0) is 33.3 Å². The molecule has 1 N–H and O–H groups in total. The number of esters is 2. The van der Waals surface area contributed by atoms with E-state index in [-0.39, 0.29) is 12.2 Å². The zero-order chi connectivity index (χ0) is 29.0. The summed E-state index contributed by atoms with van der Waals surface area (Å²) in [6, 6.07) is 5.84. The highest BCUT2D eigenvalue weighted by Crippen LogP contribution is 2.42. The van der Waals surface area contributed by atoms with Crippen LogP contribution in [0.15, 0.2) is 30.3 Å². The zero-order valence-corrected chi connectivity index (χ0v) is 23.9. The Balaban J connectivity index is 1.56. The van der Waals surface area contributed by atoms with E-state index in [9.17, 15) is 24.3 Å². The molecule has 0 radical (unpaired) electrons. The number of hydrogen-bond acceptors (Lipinski definition) is 11. The summed E-state index contributed by atoms with van der Waals surface area (Å²) >= 11 is 33.0. The van der Waals surface area contributed by atoms with Crippen molar-refractivity contribution in [3.63, 3.8) is 0 Å². The highest BCUT2D eigenvalue weighted by Gasteiger charge is 2.62. The van der Waals surface area contributed by atoms with Gasteiger partial charge in [0.2, 0.25) is 13.2 Å². The molecule has 1 aromatic rings. The first-order chi connectivity index (χ1) is 18.1. The number of ether oxygens (including phenoxy) is 6. The topological polar surface area (TPSA) is 144 Å². The average Bonchev–Trinajstić information content (AvgIpc) is 3.10. The summed E-state index contributed by atoms with van der Waals surface area (Å²) in [5.74, 6) is -1.70. The quantitative estimate of drug-likeness (QED) is 0.140. The van der Waals surface area contributed by atoms with Crippen molar-refractivity contribution in [1.82, 2.24) is 0 Å². The SMILES string of the molecule is O=C(/C=C/c1ccc(OC(=O)OCC(Cl)(Cl)Cl)cc1)O[C@H]1C[C@@]2(OC(=O)OCC(Cl)(Cl)Cl)C[C@H](OC2=O)[C@H]1O. The lowest BCUT2D eigenvalue weighted by molar-refractivity contribution is -0.164. The summed E-state index contributed by atoms with van der Waals surface area (Å²) in [7, 11) is 0. The van der Waals surface area contributed by atoms with E-state index in [4.69, 9.17) is 93.3 Å². The minimum Gasteiger partial charge on any atom is -0.456 e. The molecule has 1 aliphatic heterocycles. The van der Waals surface area contributed by atoms with Gasteiger partial charge in [0.15, 0.2) is 0 Å². The maximum atomic E-state index is 12.4. The lowest BCUT2D eigenvalue weighted by Gasteiger charge is -2.35. The van der Waals surface area contributed by atoms with Crippen molar-refractivity contribution in [1.29, 1.82) is 0 Å². The lowest BCUT2D eigenvalue weighted by Crippen LogP contribution is -2.52. The normalized spacial score (nSPS) is 24.6. The predicted molar refractivity (Wildman–Crippen MR) is 138 cm³/mol. The van der Waals surface area contributed by atoms with Crippen LogP contribution in [0.5, 0.6) is 5.75 Å². The van der Waals surface area contributed by atoms with Crippen LogP contribution in [0.25, 0.3) is 6.08 Å². The first-order valence-corrected chi connectivity index (χ1v) is 13.0. The molecule has 214 valence electrons. The molecule has 39 heavy (non-hydrogen) atoms. The van der Waals surface area contributed by atoms with Gasteiger partial charge < -0.3 is 33.5 Å². The second-order valence-electron chi connectivity index (χ2n) is 8.23. The van der Waals surface area contributed by atoms with E-state index in [0.717, 1.165) is 6.08 Å². The Morgan fingerprint density at radius 1 is 0.974 bits per heavy atom. The monoisotopic (exact) mass is 668 g/mol. The maximum Gasteiger partial charge on any atom is 0.513 e. The number of benzene rings is 1. The lowest BCUT2D eigenvalue weighted by atomic mass is 9.82. The van der Waals surface area contributed by atoms with Crippen LogP contribution in [0.2, 0.25) is 0 Å². The van der Waals surface area contributed by atoms with E-state index in [1.165, 1.54) is 30.3 Å². The minimum absolute atomic E-state index is 0.118. The van der Waals surface area contributed by atoms with Gasteiger partial charge in [-0.3, -0.25) is 0 Å². The van der Waals surface area contributed by atoms with Gasteiger partial charge in [-0.2, -0.15) is 0 Å². The molecule has 1 aliphatic carbocycles. The van der Waals surface area contributed by atoms with Gasteiger partial charge in [-0.1, -0.05) is 81.7 Å². The Morgan fingerprint density at radius 3 is 2.15 bits per heavy atom. The van der Waals surface area contributed by atoms with E-state index < -0.39 is 75.4 Å². The largest absolute Gasteiger partial charge is 0.513 e. The Kier molecular flexibility index (Phi) is 10.4. The molecule has 3 rings (SSSR count). The molecular weight excluding hydrogens is 653 g/mol. The third-order valence-electron chi connectivity index (χ3n) is 5.20. The fraction of sp³-hybridized carbons (Fsp3) is 0.455. The fourth-order valence-corrected chi connectivity index (χ4v) is 3.90. The number of aliphatic hydroxyl groups is 1. The number of fused-ring (bicyclic) bond motifs is 2. The van der Waals surface area contributed by atoms with E-state index in [2.05, 4.69) is 4.74 Å². The van der Waals surface area contributed by atoms with Crippen molar-refractivity contribution in [2.45, 2.75) is 44.3 Å². The van der Waals surface area contributed by atoms with Crippen molar-refractivity contribution >= 4 is 99.9 Å². The van der Waals surface area contributed by atoms with Gasteiger partial charge in [-0.25, -0.2) is 19.2 Å². The number of hydrogen-bond donors (Lipinski definition) is 1. The molecule has 2 bridgehead atoms. The van der Waals surface area contributed by atoms with Crippen molar-refractivity contribution in [3.8, 4) is 5.75 Å². The molecule has 17 heteroatoms. The summed E-state index contributed by atoms with van der Waals surface area (Å²) in [6.07, 6.45) is -4.29. The smallest absolute Gasteiger partial charge is 0.456 e. The highest BCUT2D eigenvalue weighted by molar-refractivity contribution is 6.68. The number of carbonyl (C=O) groups excluding carboxylic acids is 4. The second kappa shape index (κ2) is 12.8. The molecule has 11 nitrogen and oxygen atoms in total. The van der Waals surface area contributed by atoms with Gasteiger partial charge in [-0.15, -0.1) is 0 Å². The third-order valence-corrected chi connectivity index (χ3v) is 5.86. The number of aliphatic hydroxyl groups excluding tert-OH is 1. The number of rotatable bonds is 7. The van der Waals surface area contributed by atoms with Gasteiger partial charge in [-0.05, 0) is 23.8 Å². The van der Waals surface area contributed by atoms with Gasteiger partial charge in [0.05, 0.1) is 0 Å². The summed E-state index contributed by atoms with van der Waals surface area (Å²) in [4.78, 5) is 48.5. The van der Waals surface area contributed by atoms with Gasteiger partial charge in [0.25, 0.3) is 0 Å². The zero-order valence-electron chi connectivity index (χ0n) is 19.3. The third kappa shape index (κ3) is 9.63. The van der Waals surface area contributed by atoms with E-state index in [1.807, 2.05) is 0 Å². The highest BCUT2D eigenvalue weighted by atomic mass is 35.6. The minimum atomic E-state index is -1.91. The molecule has 0 spiro atoms. The molecule has 0 aromatic heterocycles. The molecule has 1 aromatic carbocycles. The number of alkyl halides is 6. The molecule has 1 saturated carbocycles. The molecule has 0 amide bonds. The van der Waals surface area contributed by atoms with E-state index in [0.29, 0.717) is 5.56 Å². The summed E-state index contributed by atoms with van der Waals surface area (Å²) in [6.45, 7) is -1.16. The Bertz CT molecular complexity index is 1110. The molecular formula is C22H18Cl6O11. The summed E-state index contributed by atoms with van der Waals surface area (Å²) < 4.78 is 26.1. The van der Waals surface area contributed by atoms with Crippen LogP contribution in [-0.4, -0.2) is 74.1 Å². The van der Waals surface area contributed by atoms with Crippen LogP contribution in [0.1, 0.15) is 18.4 Å². The first kappa shape index (κ1) is 31.7. The van der Waals surface area contributed by atoms with E-state index >= 15 is 0 Å². The van der Waals surface area contributed by atoms with Crippen molar-refractivity contribution in [2.24, 2.45) is 0 Å². The molecule has 2 aliphatic rings. The van der Waals surface area contributed by atoms with Gasteiger partial charge in [0, 0.05) is 18.9 Å². The first-order valence-electron chi connectivity index (χ1n) is 10.8. The molecule has 4 atom stereocenters.